The van der Waals surface area contributed by atoms with E-state index < -0.39 is 0 Å². The molecule has 1 aromatic rings. The second-order valence-electron chi connectivity index (χ2n) is 7.05. The lowest BCUT2D eigenvalue weighted by Crippen LogP contribution is -2.47. The SMILES string of the molecule is CC(C(=O)N1CCCCCC1)N1C[C@@H](N)[C@H](c2ccccc2)C1.Cl. The largest absolute Gasteiger partial charge is 0.341 e. The van der Waals surface area contributed by atoms with E-state index in [0.29, 0.717) is 5.92 Å². The van der Waals surface area contributed by atoms with Gasteiger partial charge in [0.2, 0.25) is 5.91 Å². The first kappa shape index (κ1) is 19.2. The number of nitrogens with two attached hydrogens (primary N) is 1. The number of carbonyl (C=O) groups excluding carboxylic acids is 1. The Morgan fingerprint density at radius 3 is 2.33 bits per heavy atom. The molecule has 2 N–H and O–H groups in total. The van der Waals surface area contributed by atoms with Crippen molar-refractivity contribution in [3.63, 3.8) is 0 Å². The molecule has 3 atom stereocenters. The molecule has 0 radical (unpaired) electrons. The fourth-order valence-corrected chi connectivity index (χ4v) is 3.94. The highest BCUT2D eigenvalue weighted by Crippen LogP contribution is 2.28. The van der Waals surface area contributed by atoms with Gasteiger partial charge in [0.15, 0.2) is 0 Å². The van der Waals surface area contributed by atoms with E-state index in [4.69, 9.17) is 5.73 Å². The van der Waals surface area contributed by atoms with E-state index in [1.54, 1.807) is 0 Å². The number of carbonyl (C=O) groups is 1. The fourth-order valence-electron chi connectivity index (χ4n) is 3.94. The maximum absolute atomic E-state index is 12.8. The average molecular weight is 352 g/mol. The number of benzene rings is 1. The predicted octanol–water partition coefficient (Wildman–Crippen LogP) is 2.63. The molecule has 0 bridgehead atoms. The van der Waals surface area contributed by atoms with Gasteiger partial charge in [-0.15, -0.1) is 12.4 Å². The normalized spacial score (nSPS) is 26.5. The number of amides is 1. The van der Waals surface area contributed by atoms with E-state index in [0.717, 1.165) is 39.0 Å². The van der Waals surface area contributed by atoms with Gasteiger partial charge >= 0.3 is 0 Å². The molecule has 5 heteroatoms. The van der Waals surface area contributed by atoms with Crippen molar-refractivity contribution in [2.45, 2.75) is 50.6 Å². The van der Waals surface area contributed by atoms with Gasteiger partial charge in [-0.25, -0.2) is 0 Å². The van der Waals surface area contributed by atoms with Crippen molar-refractivity contribution in [3.8, 4) is 0 Å². The van der Waals surface area contributed by atoms with Crippen LogP contribution in [0.15, 0.2) is 30.3 Å². The Balaban J connectivity index is 0.00000208. The highest BCUT2D eigenvalue weighted by molar-refractivity contribution is 5.85. The van der Waals surface area contributed by atoms with Crippen LogP contribution in [0.25, 0.3) is 0 Å². The van der Waals surface area contributed by atoms with Gasteiger partial charge in [0, 0.05) is 38.1 Å². The molecule has 2 aliphatic heterocycles. The zero-order chi connectivity index (χ0) is 16.2. The summed E-state index contributed by atoms with van der Waals surface area (Å²) in [6.07, 6.45) is 4.79. The molecule has 2 heterocycles. The summed E-state index contributed by atoms with van der Waals surface area (Å²) in [5, 5.41) is 0. The van der Waals surface area contributed by atoms with Crippen LogP contribution in [0.5, 0.6) is 0 Å². The van der Waals surface area contributed by atoms with E-state index >= 15 is 0 Å². The summed E-state index contributed by atoms with van der Waals surface area (Å²) in [5.74, 6) is 0.614. The number of halogens is 1. The first-order chi connectivity index (χ1) is 11.2. The molecule has 0 aliphatic carbocycles. The van der Waals surface area contributed by atoms with Crippen LogP contribution in [0.1, 0.15) is 44.1 Å². The molecule has 0 saturated carbocycles. The molecular formula is C19H30ClN3O. The Hall–Kier alpha value is -1.10. The first-order valence-electron chi connectivity index (χ1n) is 9.00. The van der Waals surface area contributed by atoms with Gasteiger partial charge in [0.1, 0.15) is 0 Å². The lowest BCUT2D eigenvalue weighted by Gasteiger charge is -2.29. The first-order valence-corrected chi connectivity index (χ1v) is 9.00. The lowest BCUT2D eigenvalue weighted by atomic mass is 9.95. The Morgan fingerprint density at radius 2 is 1.71 bits per heavy atom. The smallest absolute Gasteiger partial charge is 0.239 e. The maximum atomic E-state index is 12.8. The third-order valence-electron chi connectivity index (χ3n) is 5.44. The van der Waals surface area contributed by atoms with Gasteiger partial charge in [0.25, 0.3) is 0 Å². The van der Waals surface area contributed by atoms with Gasteiger partial charge in [-0.2, -0.15) is 0 Å². The Morgan fingerprint density at radius 1 is 1.08 bits per heavy atom. The summed E-state index contributed by atoms with van der Waals surface area (Å²) in [4.78, 5) is 17.2. The van der Waals surface area contributed by atoms with Gasteiger partial charge < -0.3 is 10.6 Å². The standard InChI is InChI=1S/C19H29N3O.ClH/c1-15(19(23)21-11-7-2-3-8-12-21)22-13-17(18(20)14-22)16-9-5-4-6-10-16;/h4-6,9-10,15,17-18H,2-3,7-8,11-14,20H2,1H3;1H/t15?,17-,18+;/m0./s1. The number of nitrogens with zero attached hydrogens (tertiary/aromatic N) is 2. The number of hydrogen-bond donors (Lipinski definition) is 1. The third-order valence-corrected chi connectivity index (χ3v) is 5.44. The minimum atomic E-state index is -0.0622. The summed E-state index contributed by atoms with van der Waals surface area (Å²) in [5.41, 5.74) is 7.67. The van der Waals surface area contributed by atoms with Gasteiger partial charge in [-0.3, -0.25) is 9.69 Å². The lowest BCUT2D eigenvalue weighted by molar-refractivity contribution is -0.136. The minimum absolute atomic E-state index is 0. The summed E-state index contributed by atoms with van der Waals surface area (Å²) in [6, 6.07) is 10.5. The molecule has 3 rings (SSSR count). The molecule has 24 heavy (non-hydrogen) atoms. The maximum Gasteiger partial charge on any atom is 0.239 e. The Bertz CT molecular complexity index is 517. The van der Waals surface area contributed by atoms with Crippen molar-refractivity contribution < 1.29 is 4.79 Å². The monoisotopic (exact) mass is 351 g/mol. The van der Waals surface area contributed by atoms with Crippen molar-refractivity contribution in [2.24, 2.45) is 5.73 Å². The molecular weight excluding hydrogens is 322 g/mol. The van der Waals surface area contributed by atoms with E-state index in [2.05, 4.69) is 34.1 Å². The fraction of sp³-hybridized carbons (Fsp3) is 0.632. The van der Waals surface area contributed by atoms with Crippen molar-refractivity contribution in [2.75, 3.05) is 26.2 Å². The van der Waals surface area contributed by atoms with Gasteiger partial charge in [-0.1, -0.05) is 43.2 Å². The molecule has 0 aromatic heterocycles. The van der Waals surface area contributed by atoms with Crippen molar-refractivity contribution >= 4 is 18.3 Å². The molecule has 2 fully saturated rings. The van der Waals surface area contributed by atoms with Crippen LogP contribution in [0.4, 0.5) is 0 Å². The van der Waals surface area contributed by atoms with Crippen LogP contribution in [0, 0.1) is 0 Å². The zero-order valence-electron chi connectivity index (χ0n) is 14.6. The van der Waals surface area contributed by atoms with E-state index in [-0.39, 0.29) is 30.4 Å². The topological polar surface area (TPSA) is 49.6 Å². The van der Waals surface area contributed by atoms with Crippen molar-refractivity contribution in [1.29, 1.82) is 0 Å². The number of rotatable bonds is 3. The molecule has 0 spiro atoms. The summed E-state index contributed by atoms with van der Waals surface area (Å²) < 4.78 is 0. The summed E-state index contributed by atoms with van der Waals surface area (Å²) >= 11 is 0. The molecule has 1 unspecified atom stereocenters. The van der Waals surface area contributed by atoms with E-state index in [9.17, 15) is 4.79 Å². The summed E-state index contributed by atoms with van der Waals surface area (Å²) in [7, 11) is 0. The van der Waals surface area contributed by atoms with E-state index in [1.807, 2.05) is 13.0 Å². The summed E-state index contributed by atoms with van der Waals surface area (Å²) in [6.45, 7) is 5.58. The number of likely N-dealkylation sites (tertiary alicyclic amines) is 2. The highest BCUT2D eigenvalue weighted by atomic mass is 35.5. The minimum Gasteiger partial charge on any atom is -0.341 e. The van der Waals surface area contributed by atoms with Gasteiger partial charge in [0.05, 0.1) is 6.04 Å². The van der Waals surface area contributed by atoms with Crippen LogP contribution in [-0.4, -0.2) is 54.0 Å². The Kier molecular flexibility index (Phi) is 7.08. The van der Waals surface area contributed by atoms with Crippen molar-refractivity contribution in [3.05, 3.63) is 35.9 Å². The third kappa shape index (κ3) is 4.29. The quantitative estimate of drug-likeness (QED) is 0.910. The Labute approximate surface area is 151 Å². The molecule has 134 valence electrons. The number of hydrogen-bond acceptors (Lipinski definition) is 3. The molecule has 1 amide bonds. The average Bonchev–Trinajstić information content (AvgIpc) is 2.79. The predicted molar refractivity (Wildman–Crippen MR) is 100 cm³/mol. The van der Waals surface area contributed by atoms with Crippen molar-refractivity contribution in [1.82, 2.24) is 9.80 Å². The van der Waals surface area contributed by atoms with Crippen LogP contribution in [0.2, 0.25) is 0 Å². The molecule has 1 aromatic carbocycles. The highest BCUT2D eigenvalue weighted by Gasteiger charge is 2.36. The van der Waals surface area contributed by atoms with E-state index in [1.165, 1.54) is 18.4 Å². The van der Waals surface area contributed by atoms with Crippen LogP contribution in [0.3, 0.4) is 0 Å². The second kappa shape index (κ2) is 8.84. The zero-order valence-corrected chi connectivity index (χ0v) is 15.4. The van der Waals surface area contributed by atoms with Crippen LogP contribution < -0.4 is 5.73 Å². The van der Waals surface area contributed by atoms with Gasteiger partial charge in [-0.05, 0) is 25.3 Å². The van der Waals surface area contributed by atoms with Crippen LogP contribution in [-0.2, 0) is 4.79 Å². The molecule has 2 saturated heterocycles. The molecule has 4 nitrogen and oxygen atoms in total. The second-order valence-corrected chi connectivity index (χ2v) is 7.05. The molecule has 2 aliphatic rings. The van der Waals surface area contributed by atoms with Crippen LogP contribution >= 0.6 is 12.4 Å².